The van der Waals surface area contributed by atoms with E-state index in [0.717, 1.165) is 12.0 Å². The van der Waals surface area contributed by atoms with E-state index in [-0.39, 0.29) is 11.6 Å². The molecule has 2 aliphatic rings. The van der Waals surface area contributed by atoms with Gasteiger partial charge in [0, 0.05) is 11.5 Å². The summed E-state index contributed by atoms with van der Waals surface area (Å²) in [6.45, 7) is 5.69. The predicted octanol–water partition coefficient (Wildman–Crippen LogP) is 2.46. The van der Waals surface area contributed by atoms with Gasteiger partial charge in [-0.05, 0) is 33.1 Å². The molecule has 2 nitrogen and oxygen atoms in total. The summed E-state index contributed by atoms with van der Waals surface area (Å²) in [6.07, 6.45) is 7.38. The van der Waals surface area contributed by atoms with Gasteiger partial charge in [-0.2, -0.15) is 0 Å². The lowest BCUT2D eigenvalue weighted by molar-refractivity contribution is -0.150. The van der Waals surface area contributed by atoms with Gasteiger partial charge >= 0.3 is 5.97 Å². The van der Waals surface area contributed by atoms with E-state index in [2.05, 4.69) is 12.2 Å². The van der Waals surface area contributed by atoms with Crippen molar-refractivity contribution >= 4 is 5.97 Å². The van der Waals surface area contributed by atoms with Crippen LogP contribution in [0.15, 0.2) is 23.8 Å². The standard InChI is InChI=1S/C12H16O2/c1-12(2,3)14-11(13)10-7-8-4-5-9(10)6-8/h4-5,7-9H,6H2,1-3H3. The smallest absolute Gasteiger partial charge is 0.334 e. The fourth-order valence-corrected chi connectivity index (χ4v) is 1.99. The third kappa shape index (κ3) is 1.74. The molecular formula is C12H16O2. The quantitative estimate of drug-likeness (QED) is 0.471. The van der Waals surface area contributed by atoms with Crippen LogP contribution < -0.4 is 0 Å². The minimum absolute atomic E-state index is 0.144. The Balaban J connectivity index is 2.04. The van der Waals surface area contributed by atoms with Crippen molar-refractivity contribution in [3.63, 3.8) is 0 Å². The maximum Gasteiger partial charge on any atom is 0.334 e. The summed E-state index contributed by atoms with van der Waals surface area (Å²) < 4.78 is 5.33. The van der Waals surface area contributed by atoms with Gasteiger partial charge in [-0.25, -0.2) is 4.79 Å². The molecule has 2 unspecified atom stereocenters. The molecule has 0 aromatic carbocycles. The second kappa shape index (κ2) is 2.97. The van der Waals surface area contributed by atoms with Crippen LogP contribution in [0.25, 0.3) is 0 Å². The second-order valence-electron chi connectivity index (χ2n) is 5.01. The first kappa shape index (κ1) is 9.50. The molecule has 0 heterocycles. The summed E-state index contributed by atoms with van der Waals surface area (Å²) in [4.78, 5) is 11.7. The Hall–Kier alpha value is -1.05. The Kier molecular flexibility index (Phi) is 2.02. The number of carbonyl (C=O) groups excluding carboxylic acids is 1. The van der Waals surface area contributed by atoms with E-state index in [4.69, 9.17) is 4.74 Å². The fraction of sp³-hybridized carbons (Fsp3) is 0.583. The SMILES string of the molecule is CC(C)(C)OC(=O)C1=CC2C=CC1C2. The molecule has 0 spiro atoms. The van der Waals surface area contributed by atoms with Crippen molar-refractivity contribution in [2.75, 3.05) is 0 Å². The highest BCUT2D eigenvalue weighted by molar-refractivity contribution is 5.90. The summed E-state index contributed by atoms with van der Waals surface area (Å²) in [7, 11) is 0. The molecule has 2 rings (SSSR count). The normalized spacial score (nSPS) is 29.2. The molecule has 2 atom stereocenters. The average Bonchev–Trinajstić information content (AvgIpc) is 2.59. The molecule has 0 aliphatic heterocycles. The Bertz CT molecular complexity index is 318. The number of ether oxygens (including phenoxy) is 1. The molecule has 0 aromatic heterocycles. The van der Waals surface area contributed by atoms with Gasteiger partial charge in [0.1, 0.15) is 5.60 Å². The van der Waals surface area contributed by atoms with E-state index in [1.165, 1.54) is 0 Å². The van der Waals surface area contributed by atoms with Crippen LogP contribution in [0.3, 0.4) is 0 Å². The molecule has 0 radical (unpaired) electrons. The lowest BCUT2D eigenvalue weighted by Crippen LogP contribution is -2.26. The molecule has 0 N–H and O–H groups in total. The highest BCUT2D eigenvalue weighted by atomic mass is 16.6. The average molecular weight is 192 g/mol. The van der Waals surface area contributed by atoms with E-state index < -0.39 is 0 Å². The Labute approximate surface area is 84.6 Å². The predicted molar refractivity (Wildman–Crippen MR) is 54.7 cm³/mol. The summed E-state index contributed by atoms with van der Waals surface area (Å²) >= 11 is 0. The molecule has 76 valence electrons. The van der Waals surface area contributed by atoms with Crippen LogP contribution in [0.2, 0.25) is 0 Å². The zero-order valence-electron chi connectivity index (χ0n) is 8.91. The van der Waals surface area contributed by atoms with Gasteiger partial charge in [0.25, 0.3) is 0 Å². The van der Waals surface area contributed by atoms with Gasteiger partial charge < -0.3 is 4.74 Å². The number of hydrogen-bond acceptors (Lipinski definition) is 2. The zero-order chi connectivity index (χ0) is 10.3. The molecule has 0 fully saturated rings. The molecule has 0 saturated carbocycles. The van der Waals surface area contributed by atoms with Crippen LogP contribution >= 0.6 is 0 Å². The summed E-state index contributed by atoms with van der Waals surface area (Å²) in [5, 5.41) is 0. The van der Waals surface area contributed by atoms with Crippen LogP contribution in [0.1, 0.15) is 27.2 Å². The van der Waals surface area contributed by atoms with Crippen molar-refractivity contribution in [1.82, 2.24) is 0 Å². The number of hydrogen-bond donors (Lipinski definition) is 0. The number of carbonyl (C=O) groups is 1. The lowest BCUT2D eigenvalue weighted by atomic mass is 10.0. The number of allylic oxidation sites excluding steroid dienone is 3. The first-order chi connectivity index (χ1) is 6.46. The van der Waals surface area contributed by atoms with Gasteiger partial charge in [0.05, 0.1) is 0 Å². The summed E-state index contributed by atoms with van der Waals surface area (Å²) in [6, 6.07) is 0. The third-order valence-corrected chi connectivity index (χ3v) is 2.54. The first-order valence-corrected chi connectivity index (χ1v) is 5.09. The van der Waals surface area contributed by atoms with Gasteiger partial charge in [-0.3, -0.25) is 0 Å². The van der Waals surface area contributed by atoms with E-state index in [1.54, 1.807) is 0 Å². The highest BCUT2D eigenvalue weighted by Gasteiger charge is 2.34. The van der Waals surface area contributed by atoms with Gasteiger partial charge in [-0.15, -0.1) is 0 Å². The van der Waals surface area contributed by atoms with Crippen LogP contribution in [0.5, 0.6) is 0 Å². The molecule has 14 heavy (non-hydrogen) atoms. The summed E-state index contributed by atoms with van der Waals surface area (Å²) in [5.41, 5.74) is 0.469. The van der Waals surface area contributed by atoms with Gasteiger partial charge in [-0.1, -0.05) is 18.2 Å². The molecule has 0 amide bonds. The Morgan fingerprint density at radius 2 is 2.14 bits per heavy atom. The second-order valence-corrected chi connectivity index (χ2v) is 5.01. The molecule has 2 heteroatoms. The number of esters is 1. The van der Waals surface area contributed by atoms with Crippen LogP contribution in [0, 0.1) is 11.8 Å². The first-order valence-electron chi connectivity index (χ1n) is 5.09. The molecule has 2 bridgehead atoms. The Morgan fingerprint density at radius 3 is 2.57 bits per heavy atom. The van der Waals surface area contributed by atoms with Crippen molar-refractivity contribution in [3.05, 3.63) is 23.8 Å². The molecule has 0 aromatic rings. The van der Waals surface area contributed by atoms with Crippen LogP contribution in [-0.2, 0) is 9.53 Å². The van der Waals surface area contributed by atoms with Crippen molar-refractivity contribution < 1.29 is 9.53 Å². The minimum atomic E-state index is -0.385. The van der Waals surface area contributed by atoms with Crippen LogP contribution in [0.4, 0.5) is 0 Å². The topological polar surface area (TPSA) is 26.3 Å². The Morgan fingerprint density at radius 1 is 1.43 bits per heavy atom. The monoisotopic (exact) mass is 192 g/mol. The largest absolute Gasteiger partial charge is 0.457 e. The van der Waals surface area contributed by atoms with Crippen molar-refractivity contribution in [1.29, 1.82) is 0 Å². The number of rotatable bonds is 1. The van der Waals surface area contributed by atoms with E-state index in [1.807, 2.05) is 26.8 Å². The fourth-order valence-electron chi connectivity index (χ4n) is 1.99. The molecular weight excluding hydrogens is 176 g/mol. The van der Waals surface area contributed by atoms with Crippen molar-refractivity contribution in [2.45, 2.75) is 32.8 Å². The van der Waals surface area contributed by atoms with Gasteiger partial charge in [0.2, 0.25) is 0 Å². The minimum Gasteiger partial charge on any atom is -0.457 e. The van der Waals surface area contributed by atoms with Crippen molar-refractivity contribution in [3.8, 4) is 0 Å². The lowest BCUT2D eigenvalue weighted by Gasteiger charge is -2.21. The number of fused-ring (bicyclic) bond motifs is 2. The molecule has 0 saturated heterocycles. The van der Waals surface area contributed by atoms with E-state index in [0.29, 0.717) is 11.8 Å². The zero-order valence-corrected chi connectivity index (χ0v) is 8.91. The third-order valence-electron chi connectivity index (χ3n) is 2.54. The summed E-state index contributed by atoms with van der Waals surface area (Å²) in [5.74, 6) is 0.645. The maximum absolute atomic E-state index is 11.7. The van der Waals surface area contributed by atoms with E-state index >= 15 is 0 Å². The maximum atomic E-state index is 11.7. The highest BCUT2D eigenvalue weighted by Crippen LogP contribution is 2.39. The van der Waals surface area contributed by atoms with Crippen LogP contribution in [-0.4, -0.2) is 11.6 Å². The van der Waals surface area contributed by atoms with Gasteiger partial charge in [0.15, 0.2) is 0 Å². The van der Waals surface area contributed by atoms with Crippen molar-refractivity contribution in [2.24, 2.45) is 11.8 Å². The molecule has 2 aliphatic carbocycles. The van der Waals surface area contributed by atoms with E-state index in [9.17, 15) is 4.79 Å².